The molecular formula is C16H22ClNO2. The molecule has 0 bridgehead atoms. The van der Waals surface area contributed by atoms with Gasteiger partial charge in [-0.25, -0.2) is 0 Å². The average Bonchev–Trinajstić information content (AvgIpc) is 3.20. The van der Waals surface area contributed by atoms with Gasteiger partial charge >= 0.3 is 0 Å². The SMILES string of the molecule is CC1OCCC1(O)CNC(c1ccc(Cl)cc1)C1CC1. The summed E-state index contributed by atoms with van der Waals surface area (Å²) >= 11 is 5.96. The van der Waals surface area contributed by atoms with Crippen LogP contribution in [0.25, 0.3) is 0 Å². The molecule has 2 aliphatic rings. The predicted molar refractivity (Wildman–Crippen MR) is 79.9 cm³/mol. The van der Waals surface area contributed by atoms with E-state index in [1.807, 2.05) is 19.1 Å². The molecule has 4 heteroatoms. The molecule has 3 unspecified atom stereocenters. The van der Waals surface area contributed by atoms with Gasteiger partial charge in [0.25, 0.3) is 0 Å². The van der Waals surface area contributed by atoms with Crippen LogP contribution in [0, 0.1) is 5.92 Å². The Bertz CT molecular complexity index is 460. The molecule has 1 saturated heterocycles. The number of halogens is 1. The van der Waals surface area contributed by atoms with Crippen LogP contribution in [0.1, 0.15) is 37.8 Å². The summed E-state index contributed by atoms with van der Waals surface area (Å²) in [4.78, 5) is 0. The van der Waals surface area contributed by atoms with E-state index in [-0.39, 0.29) is 6.10 Å². The molecule has 1 aromatic rings. The summed E-state index contributed by atoms with van der Waals surface area (Å²) in [5, 5.41) is 14.9. The molecule has 0 radical (unpaired) electrons. The zero-order valence-electron chi connectivity index (χ0n) is 11.8. The van der Waals surface area contributed by atoms with Crippen molar-refractivity contribution in [1.29, 1.82) is 0 Å². The minimum absolute atomic E-state index is 0.0972. The largest absolute Gasteiger partial charge is 0.386 e. The molecule has 2 fully saturated rings. The Hall–Kier alpha value is -0.610. The first-order valence-corrected chi connectivity index (χ1v) is 7.79. The van der Waals surface area contributed by atoms with Crippen molar-refractivity contribution in [1.82, 2.24) is 5.32 Å². The third-order valence-electron chi connectivity index (χ3n) is 4.61. The molecule has 0 spiro atoms. The van der Waals surface area contributed by atoms with E-state index < -0.39 is 5.60 Å². The Balaban J connectivity index is 1.67. The van der Waals surface area contributed by atoms with Gasteiger partial charge in [-0.1, -0.05) is 23.7 Å². The number of benzene rings is 1. The normalized spacial score (nSPS) is 31.4. The van der Waals surface area contributed by atoms with Crippen molar-refractivity contribution in [3.05, 3.63) is 34.9 Å². The van der Waals surface area contributed by atoms with Gasteiger partial charge in [-0.05, 0) is 43.4 Å². The Morgan fingerprint density at radius 3 is 2.65 bits per heavy atom. The molecule has 0 aromatic heterocycles. The number of rotatable bonds is 5. The molecule has 1 aliphatic heterocycles. The predicted octanol–water partition coefficient (Wildman–Crippen LogP) is 2.92. The maximum Gasteiger partial charge on any atom is 0.105 e. The smallest absolute Gasteiger partial charge is 0.105 e. The van der Waals surface area contributed by atoms with E-state index in [0.29, 0.717) is 31.5 Å². The minimum Gasteiger partial charge on any atom is -0.386 e. The van der Waals surface area contributed by atoms with Gasteiger partial charge in [0.05, 0.1) is 6.10 Å². The highest BCUT2D eigenvalue weighted by Gasteiger charge is 2.41. The van der Waals surface area contributed by atoms with E-state index in [4.69, 9.17) is 16.3 Å². The van der Waals surface area contributed by atoms with Crippen LogP contribution >= 0.6 is 11.6 Å². The first-order chi connectivity index (χ1) is 9.58. The standard InChI is InChI=1S/C16H22ClNO2/c1-11-16(19,8-9-20-11)10-18-15(12-2-3-12)13-4-6-14(17)7-5-13/h4-7,11-12,15,18-19H,2-3,8-10H2,1H3. The van der Waals surface area contributed by atoms with Gasteiger partial charge in [0.15, 0.2) is 0 Å². The Kier molecular flexibility index (Phi) is 4.04. The van der Waals surface area contributed by atoms with Crippen molar-refractivity contribution in [2.45, 2.75) is 43.9 Å². The molecule has 0 amide bonds. The topological polar surface area (TPSA) is 41.5 Å². The van der Waals surface area contributed by atoms with E-state index in [9.17, 15) is 5.11 Å². The zero-order chi connectivity index (χ0) is 14.2. The maximum atomic E-state index is 10.6. The van der Waals surface area contributed by atoms with Gasteiger partial charge in [0.1, 0.15) is 5.60 Å². The first kappa shape index (κ1) is 14.3. The van der Waals surface area contributed by atoms with Crippen LogP contribution in [0.5, 0.6) is 0 Å². The number of hydrogen-bond donors (Lipinski definition) is 2. The first-order valence-electron chi connectivity index (χ1n) is 7.41. The fraction of sp³-hybridized carbons (Fsp3) is 0.625. The molecule has 2 N–H and O–H groups in total. The Morgan fingerprint density at radius 1 is 1.40 bits per heavy atom. The van der Waals surface area contributed by atoms with E-state index in [2.05, 4.69) is 17.4 Å². The lowest BCUT2D eigenvalue weighted by Crippen LogP contribution is -2.47. The summed E-state index contributed by atoms with van der Waals surface area (Å²) in [7, 11) is 0. The lowest BCUT2D eigenvalue weighted by atomic mass is 9.94. The number of aliphatic hydroxyl groups is 1. The van der Waals surface area contributed by atoms with Crippen LogP contribution < -0.4 is 5.32 Å². The molecule has 1 aromatic carbocycles. The lowest BCUT2D eigenvalue weighted by molar-refractivity contribution is -0.0281. The van der Waals surface area contributed by atoms with Gasteiger partial charge in [-0.3, -0.25) is 0 Å². The summed E-state index contributed by atoms with van der Waals surface area (Å²) < 4.78 is 5.49. The lowest BCUT2D eigenvalue weighted by Gasteiger charge is -2.29. The van der Waals surface area contributed by atoms with Gasteiger partial charge in [-0.2, -0.15) is 0 Å². The third kappa shape index (κ3) is 3.01. The highest BCUT2D eigenvalue weighted by atomic mass is 35.5. The highest BCUT2D eigenvalue weighted by molar-refractivity contribution is 6.30. The van der Waals surface area contributed by atoms with Crippen molar-refractivity contribution in [3.63, 3.8) is 0 Å². The van der Waals surface area contributed by atoms with Gasteiger partial charge in [-0.15, -0.1) is 0 Å². The second-order valence-electron chi connectivity index (χ2n) is 6.11. The van der Waals surface area contributed by atoms with Crippen molar-refractivity contribution in [3.8, 4) is 0 Å². The molecule has 20 heavy (non-hydrogen) atoms. The molecule has 1 saturated carbocycles. The third-order valence-corrected chi connectivity index (χ3v) is 4.86. The maximum absolute atomic E-state index is 10.6. The van der Waals surface area contributed by atoms with Crippen LogP contribution in [0.4, 0.5) is 0 Å². The fourth-order valence-electron chi connectivity index (χ4n) is 2.95. The number of nitrogens with one attached hydrogen (secondary N) is 1. The molecular weight excluding hydrogens is 274 g/mol. The van der Waals surface area contributed by atoms with Gasteiger partial charge in [0.2, 0.25) is 0 Å². The summed E-state index contributed by atoms with van der Waals surface area (Å²) in [6, 6.07) is 8.34. The highest BCUT2D eigenvalue weighted by Crippen LogP contribution is 2.41. The molecule has 3 atom stereocenters. The van der Waals surface area contributed by atoms with E-state index in [1.165, 1.54) is 18.4 Å². The summed E-state index contributed by atoms with van der Waals surface area (Å²) in [5.41, 5.74) is 0.520. The van der Waals surface area contributed by atoms with E-state index in [0.717, 1.165) is 5.02 Å². The zero-order valence-corrected chi connectivity index (χ0v) is 12.6. The van der Waals surface area contributed by atoms with Crippen molar-refractivity contribution in [2.75, 3.05) is 13.2 Å². The second-order valence-corrected chi connectivity index (χ2v) is 6.55. The van der Waals surface area contributed by atoms with Crippen LogP contribution in [-0.2, 0) is 4.74 Å². The van der Waals surface area contributed by atoms with E-state index in [1.54, 1.807) is 0 Å². The summed E-state index contributed by atoms with van der Waals surface area (Å²) in [6.45, 7) is 3.18. The second kappa shape index (κ2) is 5.64. The molecule has 110 valence electrons. The van der Waals surface area contributed by atoms with Crippen LogP contribution in [0.2, 0.25) is 5.02 Å². The molecule has 3 nitrogen and oxygen atoms in total. The van der Waals surface area contributed by atoms with Crippen molar-refractivity contribution < 1.29 is 9.84 Å². The molecule has 3 rings (SSSR count). The summed E-state index contributed by atoms with van der Waals surface area (Å²) in [6.07, 6.45) is 3.12. The minimum atomic E-state index is -0.737. The molecule has 1 heterocycles. The fourth-order valence-corrected chi connectivity index (χ4v) is 3.07. The van der Waals surface area contributed by atoms with E-state index >= 15 is 0 Å². The van der Waals surface area contributed by atoms with Gasteiger partial charge < -0.3 is 15.2 Å². The van der Waals surface area contributed by atoms with Crippen LogP contribution in [-0.4, -0.2) is 30.0 Å². The van der Waals surface area contributed by atoms with Gasteiger partial charge in [0, 0.05) is 30.6 Å². The monoisotopic (exact) mass is 295 g/mol. The average molecular weight is 296 g/mol. The van der Waals surface area contributed by atoms with Crippen LogP contribution in [0.3, 0.4) is 0 Å². The van der Waals surface area contributed by atoms with Crippen LogP contribution in [0.15, 0.2) is 24.3 Å². The molecule has 1 aliphatic carbocycles. The quantitative estimate of drug-likeness (QED) is 0.877. The Labute approximate surface area is 125 Å². The van der Waals surface area contributed by atoms with Crippen molar-refractivity contribution in [2.24, 2.45) is 5.92 Å². The number of hydrogen-bond acceptors (Lipinski definition) is 3. The summed E-state index contributed by atoms with van der Waals surface area (Å²) in [5.74, 6) is 0.678. The Morgan fingerprint density at radius 2 is 2.10 bits per heavy atom. The van der Waals surface area contributed by atoms with Crippen molar-refractivity contribution >= 4 is 11.6 Å². The number of ether oxygens (including phenoxy) is 1.